The van der Waals surface area contributed by atoms with Crippen LogP contribution in [0.3, 0.4) is 0 Å². The number of hydrogen-bond donors (Lipinski definition) is 1. The highest BCUT2D eigenvalue weighted by Gasteiger charge is 2.24. The van der Waals surface area contributed by atoms with Crippen LogP contribution in [-0.2, 0) is 13.1 Å². The molecule has 0 aliphatic carbocycles. The molecule has 1 N–H and O–H groups in total. The van der Waals surface area contributed by atoms with E-state index in [4.69, 9.17) is 11.6 Å². The zero-order valence-corrected chi connectivity index (χ0v) is 10.9. The fourth-order valence-corrected chi connectivity index (χ4v) is 2.74. The molecule has 19 heavy (non-hydrogen) atoms. The van der Waals surface area contributed by atoms with Crippen LogP contribution in [0, 0.1) is 0 Å². The number of rotatable bonds is 2. The monoisotopic (exact) mass is 273 g/mol. The highest BCUT2D eigenvalue weighted by Crippen LogP contribution is 2.33. The maximum Gasteiger partial charge on any atom is 0.339 e. The first-order valence-corrected chi connectivity index (χ1v) is 6.38. The molecule has 0 aromatic heterocycles. The number of benzene rings is 2. The first kappa shape index (κ1) is 12.1. The molecule has 3 nitrogen and oxygen atoms in total. The number of halogens is 1. The largest absolute Gasteiger partial charge is 0.478 e. The molecule has 96 valence electrons. The van der Waals surface area contributed by atoms with Gasteiger partial charge in [0.2, 0.25) is 0 Å². The van der Waals surface area contributed by atoms with E-state index in [0.717, 1.165) is 13.1 Å². The summed E-state index contributed by atoms with van der Waals surface area (Å²) in [6, 6.07) is 13.3. The normalized spacial score (nSPS) is 13.4. The lowest BCUT2D eigenvalue weighted by atomic mass is 10.1. The van der Waals surface area contributed by atoms with Gasteiger partial charge < -0.3 is 10.0 Å². The summed E-state index contributed by atoms with van der Waals surface area (Å²) in [5.74, 6) is -0.989. The quantitative estimate of drug-likeness (QED) is 0.909. The standard InChI is InChI=1S/C15H12ClNO2/c16-12-6-3-7-13(14(12)15(18)19)17-8-10-4-1-2-5-11(10)9-17/h1-7H,8-9H2,(H,18,19). The summed E-state index contributed by atoms with van der Waals surface area (Å²) < 4.78 is 0. The van der Waals surface area contributed by atoms with Crippen LogP contribution in [0.2, 0.25) is 5.02 Å². The van der Waals surface area contributed by atoms with Crippen LogP contribution >= 0.6 is 11.6 Å². The Hall–Kier alpha value is -2.00. The number of carboxylic acids is 1. The molecule has 0 atom stereocenters. The lowest BCUT2D eigenvalue weighted by Crippen LogP contribution is -2.18. The van der Waals surface area contributed by atoms with Gasteiger partial charge in [-0.2, -0.15) is 0 Å². The van der Waals surface area contributed by atoms with Gasteiger partial charge in [0.15, 0.2) is 0 Å². The van der Waals surface area contributed by atoms with E-state index in [-0.39, 0.29) is 10.6 Å². The number of anilines is 1. The molecule has 0 unspecified atom stereocenters. The Labute approximate surface area is 116 Å². The Morgan fingerprint density at radius 2 is 1.68 bits per heavy atom. The number of hydrogen-bond acceptors (Lipinski definition) is 2. The molecule has 2 aromatic rings. The topological polar surface area (TPSA) is 40.5 Å². The molecule has 4 heteroatoms. The van der Waals surface area contributed by atoms with Crippen molar-refractivity contribution in [2.75, 3.05) is 4.90 Å². The van der Waals surface area contributed by atoms with E-state index >= 15 is 0 Å². The molecule has 0 saturated heterocycles. The van der Waals surface area contributed by atoms with E-state index in [2.05, 4.69) is 12.1 Å². The summed E-state index contributed by atoms with van der Waals surface area (Å²) in [6.07, 6.45) is 0. The summed E-state index contributed by atoms with van der Waals surface area (Å²) in [5, 5.41) is 9.59. The van der Waals surface area contributed by atoms with Crippen LogP contribution in [0.15, 0.2) is 42.5 Å². The molecule has 0 fully saturated rings. The highest BCUT2D eigenvalue weighted by molar-refractivity contribution is 6.34. The lowest BCUT2D eigenvalue weighted by Gasteiger charge is -2.20. The third-order valence-electron chi connectivity index (χ3n) is 3.39. The van der Waals surface area contributed by atoms with Gasteiger partial charge in [-0.15, -0.1) is 0 Å². The van der Waals surface area contributed by atoms with Crippen molar-refractivity contribution in [3.63, 3.8) is 0 Å². The molecular formula is C15H12ClNO2. The molecule has 1 aliphatic rings. The summed E-state index contributed by atoms with van der Waals surface area (Å²) in [5.41, 5.74) is 3.32. The Bertz CT molecular complexity index is 629. The van der Waals surface area contributed by atoms with Crippen molar-refractivity contribution < 1.29 is 9.90 Å². The molecule has 0 amide bonds. The predicted molar refractivity (Wildman–Crippen MR) is 74.7 cm³/mol. The van der Waals surface area contributed by atoms with E-state index in [1.54, 1.807) is 18.2 Å². The molecule has 3 rings (SSSR count). The SMILES string of the molecule is O=C(O)c1c(Cl)cccc1N1Cc2ccccc2C1. The van der Waals surface area contributed by atoms with Crippen molar-refractivity contribution >= 4 is 23.3 Å². The summed E-state index contributed by atoms with van der Waals surface area (Å²) in [7, 11) is 0. The fraction of sp³-hybridized carbons (Fsp3) is 0.133. The van der Waals surface area contributed by atoms with Gasteiger partial charge in [-0.05, 0) is 23.3 Å². The summed E-state index contributed by atoms with van der Waals surface area (Å²) >= 11 is 6.01. The summed E-state index contributed by atoms with van der Waals surface area (Å²) in [4.78, 5) is 13.4. The van der Waals surface area contributed by atoms with Gasteiger partial charge in [-0.3, -0.25) is 0 Å². The van der Waals surface area contributed by atoms with Crippen molar-refractivity contribution in [2.45, 2.75) is 13.1 Å². The van der Waals surface area contributed by atoms with Crippen LogP contribution in [0.4, 0.5) is 5.69 Å². The fourth-order valence-electron chi connectivity index (χ4n) is 2.49. The summed E-state index contributed by atoms with van der Waals surface area (Å²) in [6.45, 7) is 1.44. The van der Waals surface area contributed by atoms with E-state index in [1.807, 2.05) is 17.0 Å². The second-order valence-electron chi connectivity index (χ2n) is 4.56. The molecule has 1 heterocycles. The van der Waals surface area contributed by atoms with Crippen LogP contribution in [-0.4, -0.2) is 11.1 Å². The van der Waals surface area contributed by atoms with E-state index in [1.165, 1.54) is 11.1 Å². The third kappa shape index (κ3) is 2.06. The van der Waals surface area contributed by atoms with Crippen LogP contribution in [0.25, 0.3) is 0 Å². The average molecular weight is 274 g/mol. The van der Waals surface area contributed by atoms with Crippen LogP contribution in [0.5, 0.6) is 0 Å². The van der Waals surface area contributed by atoms with Crippen molar-refractivity contribution in [1.29, 1.82) is 0 Å². The zero-order chi connectivity index (χ0) is 13.4. The highest BCUT2D eigenvalue weighted by atomic mass is 35.5. The van der Waals surface area contributed by atoms with Crippen molar-refractivity contribution in [3.05, 3.63) is 64.2 Å². The molecule has 0 saturated carbocycles. The van der Waals surface area contributed by atoms with Gasteiger partial charge in [0.25, 0.3) is 0 Å². The first-order valence-electron chi connectivity index (χ1n) is 6.00. The van der Waals surface area contributed by atoms with Crippen molar-refractivity contribution in [3.8, 4) is 0 Å². The number of nitrogens with zero attached hydrogens (tertiary/aromatic N) is 1. The molecule has 0 spiro atoms. The number of aromatic carboxylic acids is 1. The van der Waals surface area contributed by atoms with E-state index in [0.29, 0.717) is 5.69 Å². The maximum atomic E-state index is 11.4. The Morgan fingerprint density at radius 1 is 1.05 bits per heavy atom. The predicted octanol–water partition coefficient (Wildman–Crippen LogP) is 3.56. The molecule has 0 bridgehead atoms. The average Bonchev–Trinajstić information content (AvgIpc) is 2.81. The first-order chi connectivity index (χ1) is 9.16. The molecule has 0 radical (unpaired) electrons. The van der Waals surface area contributed by atoms with E-state index < -0.39 is 5.97 Å². The maximum absolute atomic E-state index is 11.4. The second-order valence-corrected chi connectivity index (χ2v) is 4.97. The smallest absolute Gasteiger partial charge is 0.339 e. The van der Waals surface area contributed by atoms with Crippen LogP contribution in [0.1, 0.15) is 21.5 Å². The molecule has 1 aliphatic heterocycles. The minimum Gasteiger partial charge on any atom is -0.478 e. The van der Waals surface area contributed by atoms with Gasteiger partial charge in [-0.25, -0.2) is 4.79 Å². The molecular weight excluding hydrogens is 262 g/mol. The lowest BCUT2D eigenvalue weighted by molar-refractivity contribution is 0.0697. The Balaban J connectivity index is 2.02. The number of carboxylic acid groups (broad SMARTS) is 1. The Kier molecular flexibility index (Phi) is 2.91. The van der Waals surface area contributed by atoms with Gasteiger partial charge in [-0.1, -0.05) is 41.9 Å². The number of fused-ring (bicyclic) bond motifs is 1. The van der Waals surface area contributed by atoms with Crippen molar-refractivity contribution in [1.82, 2.24) is 0 Å². The number of carbonyl (C=O) groups is 1. The third-order valence-corrected chi connectivity index (χ3v) is 3.70. The minimum absolute atomic E-state index is 0.178. The zero-order valence-electron chi connectivity index (χ0n) is 10.1. The van der Waals surface area contributed by atoms with E-state index in [9.17, 15) is 9.90 Å². The van der Waals surface area contributed by atoms with Gasteiger partial charge in [0.05, 0.1) is 10.7 Å². The Morgan fingerprint density at radius 3 is 2.26 bits per heavy atom. The van der Waals surface area contributed by atoms with Gasteiger partial charge in [0, 0.05) is 13.1 Å². The van der Waals surface area contributed by atoms with Gasteiger partial charge >= 0.3 is 5.97 Å². The van der Waals surface area contributed by atoms with Crippen molar-refractivity contribution in [2.24, 2.45) is 0 Å². The minimum atomic E-state index is -0.989. The van der Waals surface area contributed by atoms with Crippen LogP contribution < -0.4 is 4.90 Å². The molecule has 2 aromatic carbocycles. The second kappa shape index (κ2) is 4.59. The van der Waals surface area contributed by atoms with Gasteiger partial charge in [0.1, 0.15) is 5.56 Å².